The number of hydrogen-bond donors (Lipinski definition) is 0. The molecule has 1 heterocycles. The smallest absolute Gasteiger partial charge is 0.266 e. The molecule has 66 heavy (non-hydrogen) atoms. The molecule has 0 saturated heterocycles. The van der Waals surface area contributed by atoms with Crippen LogP contribution in [-0.4, -0.2) is 11.8 Å². The van der Waals surface area contributed by atoms with E-state index in [9.17, 15) is 9.59 Å². The Morgan fingerprint density at radius 2 is 0.848 bits per heavy atom. The van der Waals surface area contributed by atoms with E-state index in [1.807, 2.05) is 12.1 Å². The first-order valence-corrected chi connectivity index (χ1v) is 25.4. The molecule has 8 aromatic rings. The average molecular weight is 873 g/mol. The number of fused-ring (bicyclic) bond motifs is 2. The zero-order chi connectivity index (χ0) is 45.9. The molecule has 0 spiro atoms. The Morgan fingerprint density at radius 3 is 1.35 bits per heavy atom. The molecule has 8 aromatic carbocycles. The van der Waals surface area contributed by atoms with Crippen molar-refractivity contribution in [3.05, 3.63) is 155 Å². The first kappa shape index (κ1) is 45.2. The SMILES string of the molecule is CCCCCCCCc1ccc(N(c2ccc(CCCCCCCC)cc2)c2ccc3c4ccc5c6c(ccc(c7cccc2c73)c64)C(=O)N(c2c(C(C)C)cccc2C(C)C)C5=O)cc1. The number of amides is 2. The molecule has 9 rings (SSSR count). The second kappa shape index (κ2) is 19.8. The molecule has 0 saturated carbocycles. The van der Waals surface area contributed by atoms with Crippen molar-refractivity contribution < 1.29 is 9.59 Å². The molecule has 0 atom stereocenters. The van der Waals surface area contributed by atoms with Crippen LogP contribution >= 0.6 is 0 Å². The zero-order valence-corrected chi connectivity index (χ0v) is 40.3. The Bertz CT molecular complexity index is 2840. The molecule has 0 unspecified atom stereocenters. The van der Waals surface area contributed by atoms with Gasteiger partial charge >= 0.3 is 0 Å². The molecule has 0 radical (unpaired) electrons. The van der Waals surface area contributed by atoms with Gasteiger partial charge in [0.1, 0.15) is 0 Å². The van der Waals surface area contributed by atoms with Gasteiger partial charge in [-0.3, -0.25) is 9.59 Å². The summed E-state index contributed by atoms with van der Waals surface area (Å²) < 4.78 is 0. The lowest BCUT2D eigenvalue weighted by Crippen LogP contribution is -2.41. The van der Waals surface area contributed by atoms with Crippen LogP contribution in [0, 0.1) is 0 Å². The quantitative estimate of drug-likeness (QED) is 0.0332. The molecular formula is C62H68N2O2. The lowest BCUT2D eigenvalue weighted by Gasteiger charge is -2.33. The molecule has 2 amide bonds. The Labute approximate surface area is 393 Å². The van der Waals surface area contributed by atoms with Gasteiger partial charge in [0.05, 0.1) is 11.4 Å². The maximum atomic E-state index is 14.9. The number of hydrogen-bond acceptors (Lipinski definition) is 3. The second-order valence-electron chi connectivity index (χ2n) is 19.7. The van der Waals surface area contributed by atoms with Crippen LogP contribution in [0.5, 0.6) is 0 Å². The first-order chi connectivity index (χ1) is 32.2. The molecule has 0 aromatic heterocycles. The first-order valence-electron chi connectivity index (χ1n) is 25.4. The Kier molecular flexibility index (Phi) is 13.6. The molecule has 0 N–H and O–H groups in total. The van der Waals surface area contributed by atoms with Gasteiger partial charge in [0.25, 0.3) is 11.8 Å². The third kappa shape index (κ3) is 8.49. The summed E-state index contributed by atoms with van der Waals surface area (Å²) >= 11 is 0. The lowest BCUT2D eigenvalue weighted by atomic mass is 9.83. The Balaban J connectivity index is 1.13. The maximum Gasteiger partial charge on any atom is 0.266 e. The van der Waals surface area contributed by atoms with E-state index in [0.29, 0.717) is 11.1 Å². The van der Waals surface area contributed by atoms with Crippen molar-refractivity contribution in [2.75, 3.05) is 9.80 Å². The molecule has 338 valence electrons. The third-order valence-electron chi connectivity index (χ3n) is 14.5. The van der Waals surface area contributed by atoms with Crippen LogP contribution < -0.4 is 9.80 Å². The Hall–Kier alpha value is -6.00. The maximum absolute atomic E-state index is 14.9. The second-order valence-corrected chi connectivity index (χ2v) is 19.7. The van der Waals surface area contributed by atoms with Crippen LogP contribution in [-0.2, 0) is 12.8 Å². The number of para-hydroxylation sites is 1. The summed E-state index contributed by atoms with van der Waals surface area (Å²) in [4.78, 5) is 33.6. The van der Waals surface area contributed by atoms with E-state index in [4.69, 9.17) is 0 Å². The molecule has 4 nitrogen and oxygen atoms in total. The molecular weight excluding hydrogens is 805 g/mol. The fraction of sp³-hybridized carbons (Fsp3) is 0.355. The fourth-order valence-electron chi connectivity index (χ4n) is 10.9. The van der Waals surface area contributed by atoms with E-state index in [0.717, 1.165) is 79.0 Å². The number of aryl methyl sites for hydroxylation is 2. The average Bonchev–Trinajstić information content (AvgIpc) is 3.33. The Morgan fingerprint density at radius 1 is 0.424 bits per heavy atom. The molecule has 0 aliphatic carbocycles. The fourth-order valence-corrected chi connectivity index (χ4v) is 10.9. The molecule has 0 fully saturated rings. The predicted molar refractivity (Wildman–Crippen MR) is 282 cm³/mol. The van der Waals surface area contributed by atoms with Gasteiger partial charge in [-0.2, -0.15) is 0 Å². The highest BCUT2D eigenvalue weighted by molar-refractivity contribution is 6.42. The van der Waals surface area contributed by atoms with Gasteiger partial charge in [-0.15, -0.1) is 0 Å². The van der Waals surface area contributed by atoms with Crippen LogP contribution in [0.15, 0.2) is 121 Å². The summed E-state index contributed by atoms with van der Waals surface area (Å²) in [6.45, 7) is 13.1. The largest absolute Gasteiger partial charge is 0.310 e. The highest BCUT2D eigenvalue weighted by Gasteiger charge is 2.38. The van der Waals surface area contributed by atoms with E-state index in [-0.39, 0.29) is 23.7 Å². The number of unbranched alkanes of at least 4 members (excludes halogenated alkanes) is 10. The molecule has 0 bridgehead atoms. The minimum Gasteiger partial charge on any atom is -0.310 e. The number of imide groups is 1. The molecule has 1 aliphatic rings. The van der Waals surface area contributed by atoms with Crippen molar-refractivity contribution in [1.29, 1.82) is 0 Å². The normalized spacial score (nSPS) is 12.9. The number of rotatable bonds is 20. The number of carbonyl (C=O) groups excluding carboxylic acids is 2. The highest BCUT2D eigenvalue weighted by Crippen LogP contribution is 2.49. The van der Waals surface area contributed by atoms with Gasteiger partial charge < -0.3 is 4.90 Å². The number of carbonyl (C=O) groups is 2. The number of anilines is 4. The van der Waals surface area contributed by atoms with Crippen molar-refractivity contribution in [1.82, 2.24) is 0 Å². The van der Waals surface area contributed by atoms with Crippen LogP contribution in [0.25, 0.3) is 43.1 Å². The van der Waals surface area contributed by atoms with Crippen molar-refractivity contribution >= 4 is 77.7 Å². The van der Waals surface area contributed by atoms with Gasteiger partial charge in [-0.05, 0) is 135 Å². The topological polar surface area (TPSA) is 40.6 Å². The van der Waals surface area contributed by atoms with Crippen molar-refractivity contribution in [2.24, 2.45) is 0 Å². The van der Waals surface area contributed by atoms with Crippen LogP contribution in [0.2, 0.25) is 0 Å². The van der Waals surface area contributed by atoms with Crippen molar-refractivity contribution in [2.45, 2.75) is 143 Å². The third-order valence-corrected chi connectivity index (χ3v) is 14.5. The predicted octanol–water partition coefficient (Wildman–Crippen LogP) is 18.1. The summed E-state index contributed by atoms with van der Waals surface area (Å²) in [6.07, 6.45) is 17.8. The summed E-state index contributed by atoms with van der Waals surface area (Å²) in [5.41, 5.74) is 10.1. The molecule has 4 heteroatoms. The highest BCUT2D eigenvalue weighted by atomic mass is 16.2. The lowest BCUT2D eigenvalue weighted by molar-refractivity contribution is 0.0893. The van der Waals surface area contributed by atoms with Crippen LogP contribution in [0.3, 0.4) is 0 Å². The number of nitrogens with zero attached hydrogens (tertiary/aromatic N) is 2. The van der Waals surface area contributed by atoms with Gasteiger partial charge in [0.15, 0.2) is 0 Å². The minimum atomic E-state index is -0.253. The van der Waals surface area contributed by atoms with E-state index in [2.05, 4.69) is 156 Å². The van der Waals surface area contributed by atoms with E-state index in [1.165, 1.54) is 104 Å². The van der Waals surface area contributed by atoms with Gasteiger partial charge in [0, 0.05) is 33.3 Å². The van der Waals surface area contributed by atoms with Gasteiger partial charge in [0.2, 0.25) is 0 Å². The minimum absolute atomic E-state index is 0.136. The zero-order valence-electron chi connectivity index (χ0n) is 40.3. The summed E-state index contributed by atoms with van der Waals surface area (Å²) in [7, 11) is 0. The van der Waals surface area contributed by atoms with Gasteiger partial charge in [-0.25, -0.2) is 4.90 Å². The van der Waals surface area contributed by atoms with E-state index < -0.39 is 0 Å². The molecule has 1 aliphatic heterocycles. The summed E-state index contributed by atoms with van der Waals surface area (Å²) in [5.74, 6) is -0.232. The van der Waals surface area contributed by atoms with Crippen molar-refractivity contribution in [3.8, 4) is 0 Å². The summed E-state index contributed by atoms with van der Waals surface area (Å²) in [5, 5.41) is 8.48. The van der Waals surface area contributed by atoms with E-state index in [1.54, 1.807) is 0 Å². The van der Waals surface area contributed by atoms with Crippen LogP contribution in [0.4, 0.5) is 22.7 Å². The monoisotopic (exact) mass is 873 g/mol. The van der Waals surface area contributed by atoms with Crippen molar-refractivity contribution in [3.63, 3.8) is 0 Å². The summed E-state index contributed by atoms with van der Waals surface area (Å²) in [6, 6.07) is 44.1. The van der Waals surface area contributed by atoms with Gasteiger partial charge in [-0.1, -0.05) is 185 Å². The standard InChI is InChI=1S/C62H68N2O2/c1-7-9-11-13-15-17-21-43-27-31-45(32-28-43)63(46-33-29-44(30-34-46)22-18-16-14-12-10-8-2)56-40-39-50-52-36-38-55-59-54(37-35-51(58(52)59)49-25-20-26-53(56)57(49)50)61(65)64(62(55)66)60-47(41(3)4)23-19-24-48(60)42(5)6/h19-20,23-42H,7-18,21-22H2,1-6H3. The van der Waals surface area contributed by atoms with Crippen LogP contribution in [0.1, 0.15) is 173 Å². The van der Waals surface area contributed by atoms with E-state index >= 15 is 0 Å². The number of benzene rings is 8.